The summed E-state index contributed by atoms with van der Waals surface area (Å²) in [6.45, 7) is 0.887. The van der Waals surface area contributed by atoms with Gasteiger partial charge in [0.1, 0.15) is 5.52 Å². The Morgan fingerprint density at radius 1 is 1.37 bits per heavy atom. The summed E-state index contributed by atoms with van der Waals surface area (Å²) in [5.41, 5.74) is 8.04. The van der Waals surface area contributed by atoms with Gasteiger partial charge in [0.15, 0.2) is 11.5 Å². The number of hydrogen-bond acceptors (Lipinski definition) is 4. The number of aromatic nitrogens is 1. The van der Waals surface area contributed by atoms with E-state index in [-0.39, 0.29) is 0 Å². The molecule has 1 aromatic heterocycles. The van der Waals surface area contributed by atoms with Crippen LogP contribution in [0.15, 0.2) is 21.0 Å². The molecular weight excluding hydrogens is 308 g/mol. The highest BCUT2D eigenvalue weighted by atomic mass is 79.9. The zero-order valence-corrected chi connectivity index (χ0v) is 12.3. The van der Waals surface area contributed by atoms with Crippen LogP contribution in [0, 0.1) is 0 Å². The van der Waals surface area contributed by atoms with Crippen molar-refractivity contribution in [2.45, 2.75) is 38.2 Å². The van der Waals surface area contributed by atoms with Gasteiger partial charge in [0, 0.05) is 17.5 Å². The minimum atomic E-state index is 0.354. The van der Waals surface area contributed by atoms with Gasteiger partial charge < -0.3 is 14.9 Å². The minimum absolute atomic E-state index is 0.354. The highest BCUT2D eigenvalue weighted by Crippen LogP contribution is 2.27. The Bertz CT molecular complexity index is 576. The maximum atomic E-state index is 5.92. The van der Waals surface area contributed by atoms with Crippen LogP contribution in [0.3, 0.4) is 0 Å². The summed E-state index contributed by atoms with van der Waals surface area (Å²) in [5.74, 6) is 0.744. The standard InChI is InChI=1S/C14H17BrN2O2/c15-9-7-11(16)14-12(8-9)17-13(19-14)5-4-10-3-1-2-6-18-10/h7-8,10H,1-6,16H2. The second-order valence-electron chi connectivity index (χ2n) is 4.98. The van der Waals surface area contributed by atoms with Gasteiger partial charge in [-0.3, -0.25) is 0 Å². The van der Waals surface area contributed by atoms with Gasteiger partial charge in [-0.05, 0) is 37.8 Å². The van der Waals surface area contributed by atoms with E-state index in [4.69, 9.17) is 14.9 Å². The van der Waals surface area contributed by atoms with Crippen LogP contribution >= 0.6 is 15.9 Å². The molecular formula is C14H17BrN2O2. The van der Waals surface area contributed by atoms with Gasteiger partial charge in [0.2, 0.25) is 0 Å². The molecule has 4 nitrogen and oxygen atoms in total. The molecule has 2 N–H and O–H groups in total. The molecule has 3 rings (SSSR count). The highest BCUT2D eigenvalue weighted by Gasteiger charge is 2.16. The predicted octanol–water partition coefficient (Wildman–Crippen LogP) is 3.67. The van der Waals surface area contributed by atoms with E-state index in [0.717, 1.165) is 41.7 Å². The van der Waals surface area contributed by atoms with Crippen LogP contribution < -0.4 is 5.73 Å². The van der Waals surface area contributed by atoms with Crippen molar-refractivity contribution < 1.29 is 9.15 Å². The van der Waals surface area contributed by atoms with Crippen molar-refractivity contribution in [3.05, 3.63) is 22.5 Å². The number of anilines is 1. The van der Waals surface area contributed by atoms with Crippen LogP contribution in [0.2, 0.25) is 0 Å². The van der Waals surface area contributed by atoms with Crippen molar-refractivity contribution >= 4 is 32.7 Å². The third-order valence-corrected chi connectivity index (χ3v) is 3.94. The van der Waals surface area contributed by atoms with E-state index >= 15 is 0 Å². The van der Waals surface area contributed by atoms with Crippen LogP contribution in [0.25, 0.3) is 11.1 Å². The monoisotopic (exact) mass is 324 g/mol. The quantitative estimate of drug-likeness (QED) is 0.875. The van der Waals surface area contributed by atoms with Gasteiger partial charge in [-0.1, -0.05) is 15.9 Å². The van der Waals surface area contributed by atoms with Gasteiger partial charge in [0.25, 0.3) is 0 Å². The summed E-state index contributed by atoms with van der Waals surface area (Å²) in [4.78, 5) is 4.49. The Hall–Kier alpha value is -1.07. The molecule has 2 aromatic rings. The molecule has 0 radical (unpaired) electrons. The molecule has 1 saturated heterocycles. The van der Waals surface area contributed by atoms with E-state index in [1.165, 1.54) is 12.8 Å². The Kier molecular flexibility index (Phi) is 3.75. The highest BCUT2D eigenvalue weighted by molar-refractivity contribution is 9.10. The normalized spacial score (nSPS) is 19.9. The number of aryl methyl sites for hydroxylation is 1. The molecule has 0 aliphatic carbocycles. The first-order valence-electron chi connectivity index (χ1n) is 6.68. The van der Waals surface area contributed by atoms with E-state index in [1.54, 1.807) is 0 Å². The van der Waals surface area contributed by atoms with E-state index < -0.39 is 0 Å². The van der Waals surface area contributed by atoms with Gasteiger partial charge in [0.05, 0.1) is 11.8 Å². The van der Waals surface area contributed by atoms with Crippen molar-refractivity contribution in [1.82, 2.24) is 4.98 Å². The van der Waals surface area contributed by atoms with Crippen LogP contribution in [0.1, 0.15) is 31.6 Å². The largest absolute Gasteiger partial charge is 0.439 e. The zero-order chi connectivity index (χ0) is 13.2. The number of halogens is 1. The summed E-state index contributed by atoms with van der Waals surface area (Å²) in [6.07, 6.45) is 5.72. The minimum Gasteiger partial charge on any atom is -0.439 e. The average molecular weight is 325 g/mol. The zero-order valence-electron chi connectivity index (χ0n) is 10.7. The van der Waals surface area contributed by atoms with Gasteiger partial charge in [-0.25, -0.2) is 4.98 Å². The fraction of sp³-hybridized carbons (Fsp3) is 0.500. The molecule has 19 heavy (non-hydrogen) atoms. The molecule has 0 amide bonds. The molecule has 2 heterocycles. The third-order valence-electron chi connectivity index (χ3n) is 3.48. The summed E-state index contributed by atoms with van der Waals surface area (Å²) in [7, 11) is 0. The SMILES string of the molecule is Nc1cc(Br)cc2nc(CCC3CCCCO3)oc12. The fourth-order valence-electron chi connectivity index (χ4n) is 2.50. The first-order valence-corrected chi connectivity index (χ1v) is 7.48. The number of fused-ring (bicyclic) bond motifs is 1. The van der Waals surface area contributed by atoms with Crippen LogP contribution in [-0.2, 0) is 11.2 Å². The maximum absolute atomic E-state index is 5.92. The number of nitrogens with two attached hydrogens (primary N) is 1. The fourth-order valence-corrected chi connectivity index (χ4v) is 2.96. The lowest BCUT2D eigenvalue weighted by Crippen LogP contribution is -2.19. The lowest BCUT2D eigenvalue weighted by atomic mass is 10.0. The van der Waals surface area contributed by atoms with Crippen LogP contribution in [-0.4, -0.2) is 17.7 Å². The Morgan fingerprint density at radius 2 is 2.26 bits per heavy atom. The molecule has 0 saturated carbocycles. The predicted molar refractivity (Wildman–Crippen MR) is 78.0 cm³/mol. The molecule has 1 aromatic carbocycles. The molecule has 102 valence electrons. The first kappa shape index (κ1) is 12.9. The van der Waals surface area contributed by atoms with E-state index in [9.17, 15) is 0 Å². The van der Waals surface area contributed by atoms with E-state index in [2.05, 4.69) is 20.9 Å². The molecule has 0 spiro atoms. The van der Waals surface area contributed by atoms with Gasteiger partial charge in [-0.2, -0.15) is 0 Å². The molecule has 1 unspecified atom stereocenters. The number of benzene rings is 1. The van der Waals surface area contributed by atoms with E-state index in [1.807, 2.05) is 12.1 Å². The first-order chi connectivity index (χ1) is 9.22. The van der Waals surface area contributed by atoms with E-state index in [0.29, 0.717) is 17.4 Å². The summed E-state index contributed by atoms with van der Waals surface area (Å²) >= 11 is 3.41. The Morgan fingerprint density at radius 3 is 3.05 bits per heavy atom. The second kappa shape index (κ2) is 5.51. The number of nitrogen functional groups attached to an aromatic ring is 1. The van der Waals surface area contributed by atoms with Crippen molar-refractivity contribution in [2.24, 2.45) is 0 Å². The summed E-state index contributed by atoms with van der Waals surface area (Å²) in [6, 6.07) is 3.76. The van der Waals surface area contributed by atoms with Gasteiger partial charge in [-0.15, -0.1) is 0 Å². The lowest BCUT2D eigenvalue weighted by Gasteiger charge is -2.21. The molecule has 0 bridgehead atoms. The lowest BCUT2D eigenvalue weighted by molar-refractivity contribution is 0.0106. The topological polar surface area (TPSA) is 61.3 Å². The number of nitrogens with zero attached hydrogens (tertiary/aromatic N) is 1. The average Bonchev–Trinajstić information content (AvgIpc) is 2.81. The number of rotatable bonds is 3. The van der Waals surface area contributed by atoms with Crippen molar-refractivity contribution in [3.63, 3.8) is 0 Å². The summed E-state index contributed by atoms with van der Waals surface area (Å²) in [5, 5.41) is 0. The van der Waals surface area contributed by atoms with Crippen LogP contribution in [0.5, 0.6) is 0 Å². The molecule has 1 atom stereocenters. The smallest absolute Gasteiger partial charge is 0.195 e. The number of hydrogen-bond donors (Lipinski definition) is 1. The van der Waals surface area contributed by atoms with Crippen molar-refractivity contribution in [2.75, 3.05) is 12.3 Å². The molecule has 1 fully saturated rings. The van der Waals surface area contributed by atoms with Crippen LogP contribution in [0.4, 0.5) is 5.69 Å². The number of ether oxygens (including phenoxy) is 1. The maximum Gasteiger partial charge on any atom is 0.195 e. The van der Waals surface area contributed by atoms with Crippen molar-refractivity contribution in [3.8, 4) is 0 Å². The van der Waals surface area contributed by atoms with Crippen molar-refractivity contribution in [1.29, 1.82) is 0 Å². The third kappa shape index (κ3) is 2.92. The van der Waals surface area contributed by atoms with Gasteiger partial charge >= 0.3 is 0 Å². The molecule has 1 aliphatic heterocycles. The molecule has 1 aliphatic rings. The Balaban J connectivity index is 1.72. The Labute approximate surface area is 120 Å². The second-order valence-corrected chi connectivity index (χ2v) is 5.89. The summed E-state index contributed by atoms with van der Waals surface area (Å²) < 4.78 is 12.4. The molecule has 5 heteroatoms. The number of oxazole rings is 1.